The number of nitro benzene ring substituents is 1. The van der Waals surface area contributed by atoms with Crippen LogP contribution in [-0.2, 0) is 6.54 Å². The molecule has 0 atom stereocenters. The molecule has 0 bridgehead atoms. The molecule has 0 radical (unpaired) electrons. The maximum Gasteiger partial charge on any atom is 0.490 e. The number of nitro groups is 2. The topological polar surface area (TPSA) is 129 Å². The van der Waals surface area contributed by atoms with Gasteiger partial charge in [-0.15, -0.1) is 0 Å². The van der Waals surface area contributed by atoms with Crippen molar-refractivity contribution in [2.24, 2.45) is 0 Å². The standard InChI is InChI=1S/C10H10N6O4/c1-11-8-3-2-7(4-9(8)15(17)18)5-14-6-12-10(13-14)16(19)20/h2-4,6,11H,5H2,1H3. The summed E-state index contributed by atoms with van der Waals surface area (Å²) >= 11 is 0. The molecule has 1 aromatic heterocycles. The zero-order valence-electron chi connectivity index (χ0n) is 10.4. The van der Waals surface area contributed by atoms with Gasteiger partial charge in [0.25, 0.3) is 5.69 Å². The molecule has 2 rings (SSSR count). The van der Waals surface area contributed by atoms with Gasteiger partial charge in [-0.2, -0.15) is 4.68 Å². The van der Waals surface area contributed by atoms with Crippen LogP contribution in [0.25, 0.3) is 0 Å². The van der Waals surface area contributed by atoms with E-state index in [0.717, 1.165) is 0 Å². The van der Waals surface area contributed by atoms with Crippen molar-refractivity contribution in [3.8, 4) is 0 Å². The Kier molecular flexibility index (Phi) is 3.55. The van der Waals surface area contributed by atoms with Gasteiger partial charge in [0.15, 0.2) is 0 Å². The van der Waals surface area contributed by atoms with Gasteiger partial charge in [-0.1, -0.05) is 11.1 Å². The van der Waals surface area contributed by atoms with Crippen LogP contribution in [0.5, 0.6) is 0 Å². The molecule has 20 heavy (non-hydrogen) atoms. The average molecular weight is 278 g/mol. The van der Waals surface area contributed by atoms with Crippen molar-refractivity contribution in [1.82, 2.24) is 14.8 Å². The Morgan fingerprint density at radius 2 is 2.05 bits per heavy atom. The summed E-state index contributed by atoms with van der Waals surface area (Å²) in [4.78, 5) is 23.7. The van der Waals surface area contributed by atoms with Crippen molar-refractivity contribution < 1.29 is 9.85 Å². The lowest BCUT2D eigenvalue weighted by Gasteiger charge is -2.04. The molecule has 1 N–H and O–H groups in total. The lowest BCUT2D eigenvalue weighted by Crippen LogP contribution is -2.03. The van der Waals surface area contributed by atoms with Crippen LogP contribution in [-0.4, -0.2) is 31.7 Å². The second-order valence-corrected chi connectivity index (χ2v) is 3.86. The Hall–Kier alpha value is -3.04. The van der Waals surface area contributed by atoms with Gasteiger partial charge >= 0.3 is 5.95 Å². The fourth-order valence-electron chi connectivity index (χ4n) is 1.67. The molecular formula is C10H10N6O4. The summed E-state index contributed by atoms with van der Waals surface area (Å²) in [6, 6.07) is 4.63. The second-order valence-electron chi connectivity index (χ2n) is 3.86. The van der Waals surface area contributed by atoms with Gasteiger partial charge in [-0.3, -0.25) is 10.1 Å². The summed E-state index contributed by atoms with van der Waals surface area (Å²) in [6.45, 7) is 0.158. The molecule has 0 aliphatic rings. The first-order chi connectivity index (χ1) is 9.51. The molecule has 0 saturated heterocycles. The molecule has 2 aromatic rings. The van der Waals surface area contributed by atoms with Gasteiger partial charge in [0.05, 0.1) is 11.5 Å². The van der Waals surface area contributed by atoms with E-state index in [4.69, 9.17) is 0 Å². The van der Waals surface area contributed by atoms with E-state index in [1.165, 1.54) is 17.1 Å². The van der Waals surface area contributed by atoms with E-state index < -0.39 is 15.8 Å². The normalized spacial score (nSPS) is 10.2. The molecule has 104 valence electrons. The van der Waals surface area contributed by atoms with E-state index in [9.17, 15) is 20.2 Å². The zero-order chi connectivity index (χ0) is 14.7. The SMILES string of the molecule is CNc1ccc(Cn2cnc([N+](=O)[O-])n2)cc1[N+](=O)[O-]. The van der Waals surface area contributed by atoms with Crippen molar-refractivity contribution in [2.45, 2.75) is 6.54 Å². The number of benzene rings is 1. The molecule has 0 unspecified atom stereocenters. The maximum absolute atomic E-state index is 10.9. The third-order valence-electron chi connectivity index (χ3n) is 2.56. The van der Waals surface area contributed by atoms with Crippen LogP contribution < -0.4 is 5.32 Å². The molecule has 0 saturated carbocycles. The monoisotopic (exact) mass is 278 g/mol. The predicted molar refractivity (Wildman–Crippen MR) is 68.4 cm³/mol. The molecule has 0 spiro atoms. The maximum atomic E-state index is 10.9. The Morgan fingerprint density at radius 1 is 1.30 bits per heavy atom. The van der Waals surface area contributed by atoms with Crippen LogP contribution in [0.15, 0.2) is 24.5 Å². The molecule has 0 amide bonds. The third kappa shape index (κ3) is 2.68. The smallest absolute Gasteiger partial charge is 0.390 e. The molecular weight excluding hydrogens is 268 g/mol. The third-order valence-corrected chi connectivity index (χ3v) is 2.56. The van der Waals surface area contributed by atoms with Crippen molar-refractivity contribution in [1.29, 1.82) is 0 Å². The van der Waals surface area contributed by atoms with E-state index in [2.05, 4.69) is 15.4 Å². The number of nitrogens with one attached hydrogen (secondary N) is 1. The lowest BCUT2D eigenvalue weighted by atomic mass is 10.1. The highest BCUT2D eigenvalue weighted by Crippen LogP contribution is 2.25. The van der Waals surface area contributed by atoms with Crippen LogP contribution in [0.1, 0.15) is 5.56 Å². The van der Waals surface area contributed by atoms with Gasteiger partial charge < -0.3 is 15.4 Å². The summed E-state index contributed by atoms with van der Waals surface area (Å²) in [5, 5.41) is 27.7. The summed E-state index contributed by atoms with van der Waals surface area (Å²) in [6.07, 6.45) is 1.20. The first-order valence-electron chi connectivity index (χ1n) is 5.50. The minimum absolute atomic E-state index is 0.0698. The van der Waals surface area contributed by atoms with Crippen LogP contribution in [0.2, 0.25) is 0 Å². The largest absolute Gasteiger partial charge is 0.490 e. The number of hydrogen-bond donors (Lipinski definition) is 1. The van der Waals surface area contributed by atoms with Crippen molar-refractivity contribution in [3.63, 3.8) is 0 Å². The van der Waals surface area contributed by atoms with Crippen LogP contribution >= 0.6 is 0 Å². The van der Waals surface area contributed by atoms with Crippen molar-refractivity contribution in [2.75, 3.05) is 12.4 Å². The van der Waals surface area contributed by atoms with Crippen molar-refractivity contribution in [3.05, 3.63) is 50.3 Å². The molecule has 0 fully saturated rings. The number of rotatable bonds is 5. The number of aromatic nitrogens is 3. The first kappa shape index (κ1) is 13.4. The number of anilines is 1. The van der Waals surface area contributed by atoms with E-state index >= 15 is 0 Å². The Morgan fingerprint density at radius 3 is 2.60 bits per heavy atom. The summed E-state index contributed by atoms with van der Waals surface area (Å²) < 4.78 is 1.25. The summed E-state index contributed by atoms with van der Waals surface area (Å²) in [5.41, 5.74) is 0.915. The molecule has 0 aliphatic heterocycles. The average Bonchev–Trinajstić information content (AvgIpc) is 2.87. The molecule has 1 heterocycles. The zero-order valence-corrected chi connectivity index (χ0v) is 10.4. The fraction of sp³-hybridized carbons (Fsp3) is 0.200. The highest BCUT2D eigenvalue weighted by Gasteiger charge is 2.16. The Labute approximate surface area is 112 Å². The van der Waals surface area contributed by atoms with Gasteiger partial charge in [-0.05, 0) is 16.6 Å². The van der Waals surface area contributed by atoms with Crippen molar-refractivity contribution >= 4 is 17.3 Å². The second kappa shape index (κ2) is 5.30. The van der Waals surface area contributed by atoms with E-state index in [-0.39, 0.29) is 12.2 Å². The van der Waals surface area contributed by atoms with Crippen LogP contribution in [0.4, 0.5) is 17.3 Å². The predicted octanol–water partition coefficient (Wildman–Crippen LogP) is 1.18. The van der Waals surface area contributed by atoms with E-state index in [1.807, 2.05) is 0 Å². The van der Waals surface area contributed by atoms with Gasteiger partial charge in [0, 0.05) is 18.2 Å². The Balaban J connectivity index is 2.26. The quantitative estimate of drug-likeness (QED) is 0.642. The molecule has 1 aromatic carbocycles. The van der Waals surface area contributed by atoms with E-state index in [0.29, 0.717) is 11.3 Å². The molecule has 0 aliphatic carbocycles. The first-order valence-corrected chi connectivity index (χ1v) is 5.50. The minimum Gasteiger partial charge on any atom is -0.390 e. The highest BCUT2D eigenvalue weighted by molar-refractivity contribution is 5.62. The van der Waals surface area contributed by atoms with Gasteiger partial charge in [-0.25, -0.2) is 0 Å². The summed E-state index contributed by atoms with van der Waals surface area (Å²) in [5.74, 6) is -0.508. The Bertz CT molecular complexity index is 668. The molecule has 10 heteroatoms. The van der Waals surface area contributed by atoms with Gasteiger partial charge in [0.1, 0.15) is 5.69 Å². The number of hydrogen-bond acceptors (Lipinski definition) is 7. The molecule has 10 nitrogen and oxygen atoms in total. The minimum atomic E-state index is -0.705. The van der Waals surface area contributed by atoms with E-state index in [1.54, 1.807) is 19.2 Å². The van der Waals surface area contributed by atoms with Gasteiger partial charge in [0.2, 0.25) is 6.33 Å². The number of nitrogens with zero attached hydrogens (tertiary/aromatic N) is 5. The summed E-state index contributed by atoms with van der Waals surface area (Å²) in [7, 11) is 1.59. The lowest BCUT2D eigenvalue weighted by molar-refractivity contribution is -0.394. The van der Waals surface area contributed by atoms with Crippen LogP contribution in [0, 0.1) is 20.2 Å². The highest BCUT2D eigenvalue weighted by atomic mass is 16.6. The fourth-order valence-corrected chi connectivity index (χ4v) is 1.67. The van der Waals surface area contributed by atoms with Crippen LogP contribution in [0.3, 0.4) is 0 Å².